The minimum absolute atomic E-state index is 0.0608. The van der Waals surface area contributed by atoms with Gasteiger partial charge in [0.25, 0.3) is 0 Å². The van der Waals surface area contributed by atoms with Gasteiger partial charge in [-0.25, -0.2) is 4.79 Å². The normalized spacial score (nSPS) is 35.2. The molecular weight excluding hydrogens is 316 g/mol. The monoisotopic (exact) mass is 340 g/mol. The highest BCUT2D eigenvalue weighted by molar-refractivity contribution is 5.82. The maximum absolute atomic E-state index is 12.7. The summed E-state index contributed by atoms with van der Waals surface area (Å²) in [5.74, 6) is 0.988. The van der Waals surface area contributed by atoms with Crippen LogP contribution in [0.25, 0.3) is 0 Å². The number of likely N-dealkylation sites (tertiary alicyclic amines) is 1. The molecule has 1 atom stereocenters. The smallest absolute Gasteiger partial charge is 0.407 e. The molecule has 5 rings (SSSR count). The lowest BCUT2D eigenvalue weighted by Gasteiger charge is -2.52. The maximum atomic E-state index is 12.7. The zero-order chi connectivity index (χ0) is 17.1. The van der Waals surface area contributed by atoms with E-state index in [1.54, 1.807) is 0 Å². The summed E-state index contributed by atoms with van der Waals surface area (Å²) in [6, 6.07) is 10.8. The van der Waals surface area contributed by atoms with Crippen LogP contribution in [0.2, 0.25) is 0 Å². The summed E-state index contributed by atoms with van der Waals surface area (Å²) in [5, 5.41) is 2.87. The molecule has 0 aromatic heterocycles. The van der Waals surface area contributed by atoms with E-state index in [1.165, 1.54) is 24.8 Å². The van der Waals surface area contributed by atoms with Gasteiger partial charge in [0.2, 0.25) is 5.91 Å². The van der Waals surface area contributed by atoms with Gasteiger partial charge < -0.3 is 15.0 Å². The van der Waals surface area contributed by atoms with E-state index in [1.807, 2.05) is 4.90 Å². The van der Waals surface area contributed by atoms with Crippen molar-refractivity contribution < 1.29 is 14.3 Å². The third kappa shape index (κ3) is 2.43. The van der Waals surface area contributed by atoms with Gasteiger partial charge >= 0.3 is 6.09 Å². The second-order valence-electron chi connectivity index (χ2n) is 8.63. The number of hydrogen-bond donors (Lipinski definition) is 1. The largest absolute Gasteiger partial charge is 0.447 e. The zero-order valence-electron chi connectivity index (χ0n) is 14.4. The molecule has 2 saturated heterocycles. The summed E-state index contributed by atoms with van der Waals surface area (Å²) in [6.45, 7) is 2.25. The molecule has 2 amide bonds. The van der Waals surface area contributed by atoms with E-state index < -0.39 is 0 Å². The van der Waals surface area contributed by atoms with E-state index in [9.17, 15) is 9.59 Å². The van der Waals surface area contributed by atoms with Gasteiger partial charge in [-0.1, -0.05) is 30.3 Å². The highest BCUT2D eigenvalue weighted by Crippen LogP contribution is 2.53. The van der Waals surface area contributed by atoms with Crippen LogP contribution in [0.3, 0.4) is 0 Å². The quantitative estimate of drug-likeness (QED) is 0.900. The van der Waals surface area contributed by atoms with Crippen molar-refractivity contribution in [1.82, 2.24) is 10.2 Å². The first kappa shape index (κ1) is 15.2. The predicted octanol–water partition coefficient (Wildman–Crippen LogP) is 2.67. The van der Waals surface area contributed by atoms with Crippen LogP contribution in [0.4, 0.5) is 4.79 Å². The molecule has 4 fully saturated rings. The molecule has 0 radical (unpaired) electrons. The Balaban J connectivity index is 1.15. The number of carbonyl (C=O) groups is 2. The van der Waals surface area contributed by atoms with E-state index in [0.29, 0.717) is 17.9 Å². The van der Waals surface area contributed by atoms with Crippen molar-refractivity contribution in [3.05, 3.63) is 35.9 Å². The Labute approximate surface area is 147 Å². The van der Waals surface area contributed by atoms with Gasteiger partial charge in [0, 0.05) is 24.4 Å². The lowest BCUT2D eigenvalue weighted by atomic mass is 9.67. The van der Waals surface area contributed by atoms with Crippen LogP contribution in [0.5, 0.6) is 0 Å². The molecule has 0 bridgehead atoms. The van der Waals surface area contributed by atoms with Crippen LogP contribution < -0.4 is 5.32 Å². The van der Waals surface area contributed by atoms with Gasteiger partial charge in [-0.2, -0.15) is 0 Å². The molecule has 2 heterocycles. The van der Waals surface area contributed by atoms with E-state index >= 15 is 0 Å². The maximum Gasteiger partial charge on any atom is 0.407 e. The van der Waals surface area contributed by atoms with Crippen molar-refractivity contribution in [2.45, 2.75) is 43.6 Å². The van der Waals surface area contributed by atoms with Gasteiger partial charge in [-0.05, 0) is 43.6 Å². The molecule has 132 valence electrons. The molecule has 5 heteroatoms. The van der Waals surface area contributed by atoms with Crippen LogP contribution in [-0.2, 0) is 9.53 Å². The molecule has 25 heavy (non-hydrogen) atoms. The predicted molar refractivity (Wildman–Crippen MR) is 92.0 cm³/mol. The van der Waals surface area contributed by atoms with Crippen LogP contribution >= 0.6 is 0 Å². The van der Waals surface area contributed by atoms with Crippen LogP contribution in [0.1, 0.15) is 43.6 Å². The molecule has 1 aromatic rings. The number of nitrogens with one attached hydrogen (secondary N) is 1. The highest BCUT2D eigenvalue weighted by atomic mass is 16.6. The number of benzene rings is 1. The summed E-state index contributed by atoms with van der Waals surface area (Å²) in [7, 11) is 0. The van der Waals surface area contributed by atoms with E-state index in [4.69, 9.17) is 4.74 Å². The van der Waals surface area contributed by atoms with E-state index in [-0.39, 0.29) is 23.5 Å². The number of alkyl carbamates (subject to hydrolysis) is 1. The van der Waals surface area contributed by atoms with Crippen molar-refractivity contribution in [1.29, 1.82) is 0 Å². The number of amides is 2. The first-order valence-corrected chi connectivity index (χ1v) is 9.35. The number of nitrogens with zero attached hydrogens (tertiary/aromatic N) is 1. The molecule has 1 aromatic carbocycles. The van der Waals surface area contributed by atoms with Gasteiger partial charge in [0.1, 0.15) is 6.61 Å². The Kier molecular flexibility index (Phi) is 3.19. The number of carbonyl (C=O) groups excluding carboxylic acids is 2. The van der Waals surface area contributed by atoms with Gasteiger partial charge in [-0.3, -0.25) is 4.79 Å². The summed E-state index contributed by atoms with van der Waals surface area (Å²) >= 11 is 0. The Hall–Kier alpha value is -2.04. The third-order valence-electron chi connectivity index (χ3n) is 6.81. The Bertz CT molecular complexity index is 705. The molecule has 2 aliphatic carbocycles. The fraction of sp³-hybridized carbons (Fsp3) is 0.600. The average molecular weight is 340 g/mol. The average Bonchev–Trinajstić information content (AvgIpc) is 3.17. The molecule has 1 N–H and O–H groups in total. The first-order chi connectivity index (χ1) is 12.1. The lowest BCUT2D eigenvalue weighted by molar-refractivity contribution is -0.153. The molecule has 5 nitrogen and oxygen atoms in total. The van der Waals surface area contributed by atoms with E-state index in [0.717, 1.165) is 25.9 Å². The number of cyclic esters (lactones) is 1. The van der Waals surface area contributed by atoms with Crippen LogP contribution in [0, 0.1) is 11.3 Å². The SMILES string of the molecule is O=C1NC2(CO1)CC(C(=O)N1CC3(CC[C@@H](c4ccccc4)C3)C1)C2. The molecule has 2 spiro atoms. The van der Waals surface area contributed by atoms with Crippen LogP contribution in [0.15, 0.2) is 30.3 Å². The molecule has 4 aliphatic rings. The minimum atomic E-state index is -0.341. The van der Waals surface area contributed by atoms with Crippen LogP contribution in [-0.4, -0.2) is 42.1 Å². The molecule has 2 aliphatic heterocycles. The summed E-state index contributed by atoms with van der Waals surface area (Å²) in [4.78, 5) is 26.0. The fourth-order valence-electron chi connectivity index (χ4n) is 5.45. The summed E-state index contributed by atoms with van der Waals surface area (Å²) in [6.07, 6.45) is 4.80. The highest BCUT2D eigenvalue weighted by Gasteiger charge is 2.56. The lowest BCUT2D eigenvalue weighted by Crippen LogP contribution is -2.63. The second-order valence-corrected chi connectivity index (χ2v) is 8.63. The molecular formula is C20H24N2O3. The van der Waals surface area contributed by atoms with Gasteiger partial charge in [0.15, 0.2) is 0 Å². The van der Waals surface area contributed by atoms with Crippen molar-refractivity contribution in [3.63, 3.8) is 0 Å². The zero-order valence-corrected chi connectivity index (χ0v) is 14.4. The Morgan fingerprint density at radius 1 is 1.16 bits per heavy atom. The molecule has 0 unspecified atom stereocenters. The molecule has 2 saturated carbocycles. The van der Waals surface area contributed by atoms with Crippen molar-refractivity contribution in [2.75, 3.05) is 19.7 Å². The number of hydrogen-bond acceptors (Lipinski definition) is 3. The number of ether oxygens (including phenoxy) is 1. The van der Waals surface area contributed by atoms with Crippen molar-refractivity contribution in [2.24, 2.45) is 11.3 Å². The Morgan fingerprint density at radius 3 is 2.60 bits per heavy atom. The summed E-state index contributed by atoms with van der Waals surface area (Å²) < 4.78 is 4.99. The standard InChI is InChI=1S/C20H24N2O3/c23-17(16-9-20(10-16)13-25-18(24)21-20)22-11-19(12-22)7-6-15(8-19)14-4-2-1-3-5-14/h1-5,15-16H,6-13H2,(H,21,24)/t15-,16?,20?/m1/s1. The first-order valence-electron chi connectivity index (χ1n) is 9.35. The van der Waals surface area contributed by atoms with Crippen molar-refractivity contribution in [3.8, 4) is 0 Å². The number of rotatable bonds is 2. The Morgan fingerprint density at radius 2 is 1.92 bits per heavy atom. The second kappa shape index (κ2) is 5.23. The third-order valence-corrected chi connectivity index (χ3v) is 6.81. The van der Waals surface area contributed by atoms with Crippen molar-refractivity contribution >= 4 is 12.0 Å². The summed E-state index contributed by atoms with van der Waals surface area (Å²) in [5.41, 5.74) is 1.54. The fourth-order valence-corrected chi connectivity index (χ4v) is 5.45. The van der Waals surface area contributed by atoms with Gasteiger partial charge in [0.05, 0.1) is 5.54 Å². The van der Waals surface area contributed by atoms with E-state index in [2.05, 4.69) is 35.6 Å². The topological polar surface area (TPSA) is 58.6 Å². The minimum Gasteiger partial charge on any atom is -0.447 e. The van der Waals surface area contributed by atoms with Gasteiger partial charge in [-0.15, -0.1) is 0 Å².